The Morgan fingerprint density at radius 1 is 1.33 bits per heavy atom. The summed E-state index contributed by atoms with van der Waals surface area (Å²) in [6.07, 6.45) is 1.47. The summed E-state index contributed by atoms with van der Waals surface area (Å²) in [7, 11) is 0. The zero-order valence-electron chi connectivity index (χ0n) is 9.40. The highest BCUT2D eigenvalue weighted by molar-refractivity contribution is 5.43. The second-order valence-corrected chi connectivity index (χ2v) is 3.28. The Bertz CT molecular complexity index is 285. The fourth-order valence-electron chi connectivity index (χ4n) is 1.35. The predicted molar refractivity (Wildman–Crippen MR) is 62.7 cm³/mol. The number of rotatable bonds is 6. The van der Waals surface area contributed by atoms with Gasteiger partial charge in [-0.1, -0.05) is 13.8 Å². The summed E-state index contributed by atoms with van der Waals surface area (Å²) in [6.45, 7) is 8.35. The lowest BCUT2D eigenvalue weighted by Crippen LogP contribution is -2.28. The maximum atomic E-state index is 5.54. The molecule has 0 aliphatic carbocycles. The number of hydrogen-bond donors (Lipinski definition) is 2. The number of nitrogen functional groups attached to an aromatic ring is 1. The van der Waals surface area contributed by atoms with Crippen LogP contribution in [0.1, 0.15) is 13.8 Å². The van der Waals surface area contributed by atoms with Gasteiger partial charge in [0.15, 0.2) is 0 Å². The van der Waals surface area contributed by atoms with Crippen molar-refractivity contribution in [3.63, 3.8) is 0 Å². The second kappa shape index (κ2) is 6.19. The van der Waals surface area contributed by atoms with Gasteiger partial charge in [-0.25, -0.2) is 9.97 Å². The summed E-state index contributed by atoms with van der Waals surface area (Å²) in [5, 5.41) is 3.21. The summed E-state index contributed by atoms with van der Waals surface area (Å²) < 4.78 is 0. The number of nitrogens with one attached hydrogen (secondary N) is 1. The minimum atomic E-state index is 0.496. The maximum Gasteiger partial charge on any atom is 0.131 e. The normalized spacial score (nSPS) is 10.6. The third-order valence-corrected chi connectivity index (χ3v) is 2.32. The first-order valence-electron chi connectivity index (χ1n) is 5.30. The SMILES string of the molecule is CCN(CC)CCNc1cc(N)ncn1. The average molecular weight is 209 g/mol. The lowest BCUT2D eigenvalue weighted by atomic mass is 10.4. The van der Waals surface area contributed by atoms with Crippen LogP contribution in [0.25, 0.3) is 0 Å². The Morgan fingerprint density at radius 2 is 2.07 bits per heavy atom. The molecule has 0 aliphatic heterocycles. The van der Waals surface area contributed by atoms with Gasteiger partial charge in [0.2, 0.25) is 0 Å². The first-order valence-corrected chi connectivity index (χ1v) is 5.30. The lowest BCUT2D eigenvalue weighted by Gasteiger charge is -2.18. The molecule has 0 aromatic carbocycles. The molecule has 0 saturated carbocycles. The Kier molecular flexibility index (Phi) is 4.83. The molecule has 0 atom stereocenters. The highest BCUT2D eigenvalue weighted by Gasteiger charge is 1.99. The van der Waals surface area contributed by atoms with Gasteiger partial charge in [-0.2, -0.15) is 0 Å². The number of nitrogens with zero attached hydrogens (tertiary/aromatic N) is 3. The van der Waals surface area contributed by atoms with E-state index in [9.17, 15) is 0 Å². The molecule has 0 saturated heterocycles. The van der Waals surface area contributed by atoms with Crippen LogP contribution in [0.2, 0.25) is 0 Å². The standard InChI is InChI=1S/C10H19N5/c1-3-15(4-2)6-5-12-10-7-9(11)13-8-14-10/h7-8H,3-6H2,1-2H3,(H3,11,12,13,14). The smallest absolute Gasteiger partial charge is 0.131 e. The minimum Gasteiger partial charge on any atom is -0.384 e. The molecule has 5 heteroatoms. The second-order valence-electron chi connectivity index (χ2n) is 3.28. The average Bonchev–Trinajstić information content (AvgIpc) is 2.25. The molecule has 0 aliphatic rings. The van der Waals surface area contributed by atoms with Crippen molar-refractivity contribution in [3.05, 3.63) is 12.4 Å². The highest BCUT2D eigenvalue weighted by atomic mass is 15.1. The zero-order chi connectivity index (χ0) is 11.1. The molecule has 0 fully saturated rings. The first kappa shape index (κ1) is 11.7. The fourth-order valence-corrected chi connectivity index (χ4v) is 1.35. The Hall–Kier alpha value is -1.36. The molecule has 1 rings (SSSR count). The van der Waals surface area contributed by atoms with E-state index in [2.05, 4.69) is 34.0 Å². The topological polar surface area (TPSA) is 67.1 Å². The molecule has 84 valence electrons. The molecule has 1 aromatic rings. The van der Waals surface area contributed by atoms with Crippen molar-refractivity contribution in [3.8, 4) is 0 Å². The lowest BCUT2D eigenvalue weighted by molar-refractivity contribution is 0.316. The molecule has 5 nitrogen and oxygen atoms in total. The van der Waals surface area contributed by atoms with E-state index in [0.717, 1.165) is 32.0 Å². The zero-order valence-corrected chi connectivity index (χ0v) is 9.40. The largest absolute Gasteiger partial charge is 0.384 e. The number of aromatic nitrogens is 2. The van der Waals surface area contributed by atoms with Crippen LogP contribution in [0.4, 0.5) is 11.6 Å². The van der Waals surface area contributed by atoms with Gasteiger partial charge < -0.3 is 16.0 Å². The molecular formula is C10H19N5. The number of likely N-dealkylation sites (N-methyl/N-ethyl adjacent to an activating group) is 1. The molecule has 1 heterocycles. The van der Waals surface area contributed by atoms with Crippen molar-refractivity contribution in [1.82, 2.24) is 14.9 Å². The van der Waals surface area contributed by atoms with Crippen LogP contribution in [-0.4, -0.2) is 41.0 Å². The van der Waals surface area contributed by atoms with Gasteiger partial charge in [-0.3, -0.25) is 0 Å². The van der Waals surface area contributed by atoms with E-state index in [4.69, 9.17) is 5.73 Å². The van der Waals surface area contributed by atoms with Gasteiger partial charge in [-0.05, 0) is 13.1 Å². The predicted octanol–water partition coefficient (Wildman–Crippen LogP) is 0.812. The first-order chi connectivity index (χ1) is 7.26. The molecule has 0 radical (unpaired) electrons. The van der Waals surface area contributed by atoms with Crippen LogP contribution in [0.3, 0.4) is 0 Å². The fraction of sp³-hybridized carbons (Fsp3) is 0.600. The third-order valence-electron chi connectivity index (χ3n) is 2.32. The van der Waals surface area contributed by atoms with Gasteiger partial charge in [0.25, 0.3) is 0 Å². The Balaban J connectivity index is 2.31. The van der Waals surface area contributed by atoms with Crippen molar-refractivity contribution >= 4 is 11.6 Å². The van der Waals surface area contributed by atoms with Crippen molar-refractivity contribution < 1.29 is 0 Å². The summed E-state index contributed by atoms with van der Waals surface area (Å²) in [4.78, 5) is 10.2. The van der Waals surface area contributed by atoms with E-state index < -0.39 is 0 Å². The molecule has 1 aromatic heterocycles. The molecule has 0 unspecified atom stereocenters. The van der Waals surface area contributed by atoms with E-state index in [1.807, 2.05) is 0 Å². The van der Waals surface area contributed by atoms with Crippen LogP contribution in [0.5, 0.6) is 0 Å². The molecule has 15 heavy (non-hydrogen) atoms. The van der Waals surface area contributed by atoms with Gasteiger partial charge in [0.05, 0.1) is 0 Å². The van der Waals surface area contributed by atoms with Crippen molar-refractivity contribution in [2.24, 2.45) is 0 Å². The molecular weight excluding hydrogens is 190 g/mol. The Morgan fingerprint density at radius 3 is 2.67 bits per heavy atom. The summed E-state index contributed by atoms with van der Waals surface area (Å²) in [5.41, 5.74) is 5.54. The monoisotopic (exact) mass is 209 g/mol. The summed E-state index contributed by atoms with van der Waals surface area (Å²) in [5.74, 6) is 1.28. The highest BCUT2D eigenvalue weighted by Crippen LogP contribution is 2.03. The third kappa shape index (κ3) is 4.12. The molecule has 0 bridgehead atoms. The summed E-state index contributed by atoms with van der Waals surface area (Å²) >= 11 is 0. The van der Waals surface area contributed by atoms with Gasteiger partial charge >= 0.3 is 0 Å². The van der Waals surface area contributed by atoms with Crippen LogP contribution >= 0.6 is 0 Å². The number of anilines is 2. The summed E-state index contributed by atoms with van der Waals surface area (Å²) in [6, 6.07) is 1.74. The van der Waals surface area contributed by atoms with E-state index in [0.29, 0.717) is 5.82 Å². The van der Waals surface area contributed by atoms with Crippen molar-refractivity contribution in [1.29, 1.82) is 0 Å². The van der Waals surface area contributed by atoms with E-state index in [-0.39, 0.29) is 0 Å². The van der Waals surface area contributed by atoms with Crippen LogP contribution in [-0.2, 0) is 0 Å². The van der Waals surface area contributed by atoms with E-state index in [1.165, 1.54) is 6.33 Å². The van der Waals surface area contributed by atoms with Gasteiger partial charge in [0, 0.05) is 19.2 Å². The van der Waals surface area contributed by atoms with Crippen LogP contribution in [0, 0.1) is 0 Å². The van der Waals surface area contributed by atoms with Crippen molar-refractivity contribution in [2.75, 3.05) is 37.2 Å². The quantitative estimate of drug-likeness (QED) is 0.726. The van der Waals surface area contributed by atoms with E-state index >= 15 is 0 Å². The maximum absolute atomic E-state index is 5.54. The van der Waals surface area contributed by atoms with E-state index in [1.54, 1.807) is 6.07 Å². The van der Waals surface area contributed by atoms with Crippen molar-refractivity contribution in [2.45, 2.75) is 13.8 Å². The molecule has 3 N–H and O–H groups in total. The molecule has 0 spiro atoms. The van der Waals surface area contributed by atoms with Gasteiger partial charge in [0.1, 0.15) is 18.0 Å². The Labute approximate surface area is 90.7 Å². The minimum absolute atomic E-state index is 0.496. The van der Waals surface area contributed by atoms with Crippen LogP contribution < -0.4 is 11.1 Å². The number of nitrogens with two attached hydrogens (primary N) is 1. The van der Waals surface area contributed by atoms with Gasteiger partial charge in [-0.15, -0.1) is 0 Å². The number of hydrogen-bond acceptors (Lipinski definition) is 5. The van der Waals surface area contributed by atoms with Crippen LogP contribution in [0.15, 0.2) is 12.4 Å². The molecule has 0 amide bonds.